The fourth-order valence-electron chi connectivity index (χ4n) is 2.61. The lowest BCUT2D eigenvalue weighted by atomic mass is 9.90. The summed E-state index contributed by atoms with van der Waals surface area (Å²) in [5.74, 6) is -1.59. The van der Waals surface area contributed by atoms with Gasteiger partial charge in [-0.1, -0.05) is 30.4 Å². The lowest BCUT2D eigenvalue weighted by Gasteiger charge is -2.14. The normalized spacial score (nSPS) is 12.6. The SMILES string of the molecule is N.O=C1C=CC(=C(c2ccc(O)cc2)c2ccc(O)c(C(=O)O)c2)C=C1. The first-order chi connectivity index (χ1) is 12.0. The second kappa shape index (κ2) is 7.50. The number of phenols is 2. The van der Waals surface area contributed by atoms with Crippen LogP contribution in [-0.2, 0) is 4.79 Å². The van der Waals surface area contributed by atoms with E-state index in [2.05, 4.69) is 0 Å². The molecule has 2 aromatic rings. The number of carbonyl (C=O) groups excluding carboxylic acids is 1. The smallest absolute Gasteiger partial charge is 0.339 e. The van der Waals surface area contributed by atoms with E-state index in [1.807, 2.05) is 0 Å². The van der Waals surface area contributed by atoms with E-state index in [4.69, 9.17) is 0 Å². The van der Waals surface area contributed by atoms with Crippen LogP contribution in [0.15, 0.2) is 72.3 Å². The molecule has 0 bridgehead atoms. The molecule has 0 fully saturated rings. The number of allylic oxidation sites excluding steroid dienone is 5. The zero-order valence-electron chi connectivity index (χ0n) is 13.7. The average Bonchev–Trinajstić information content (AvgIpc) is 2.59. The van der Waals surface area contributed by atoms with E-state index in [9.17, 15) is 24.9 Å². The Morgan fingerprint density at radius 1 is 0.808 bits per heavy atom. The Morgan fingerprint density at radius 3 is 1.96 bits per heavy atom. The van der Waals surface area contributed by atoms with Crippen molar-refractivity contribution in [2.24, 2.45) is 0 Å². The van der Waals surface area contributed by atoms with Crippen LogP contribution in [0.5, 0.6) is 11.5 Å². The number of carboxylic acid groups (broad SMARTS) is 1. The van der Waals surface area contributed by atoms with Gasteiger partial charge in [0, 0.05) is 0 Å². The number of hydrogen-bond donors (Lipinski definition) is 4. The predicted octanol–water partition coefficient (Wildman–Crippen LogP) is 3.46. The van der Waals surface area contributed by atoms with Gasteiger partial charge in [0.1, 0.15) is 17.1 Å². The van der Waals surface area contributed by atoms with E-state index in [0.29, 0.717) is 16.7 Å². The number of phenolic OH excluding ortho intramolecular Hbond substituents is 1. The van der Waals surface area contributed by atoms with Crippen molar-refractivity contribution in [2.45, 2.75) is 0 Å². The molecule has 1 aliphatic rings. The van der Waals surface area contributed by atoms with E-state index in [-0.39, 0.29) is 29.0 Å². The molecule has 0 atom stereocenters. The van der Waals surface area contributed by atoms with Crippen LogP contribution in [0.1, 0.15) is 21.5 Å². The summed E-state index contributed by atoms with van der Waals surface area (Å²) in [6, 6.07) is 10.7. The lowest BCUT2D eigenvalue weighted by Crippen LogP contribution is -2.01. The molecule has 6 nitrogen and oxygen atoms in total. The molecule has 0 spiro atoms. The van der Waals surface area contributed by atoms with Crippen molar-refractivity contribution < 1.29 is 24.9 Å². The summed E-state index contributed by atoms with van der Waals surface area (Å²) < 4.78 is 0. The first-order valence-corrected chi connectivity index (χ1v) is 7.46. The molecule has 6 N–H and O–H groups in total. The van der Waals surface area contributed by atoms with E-state index >= 15 is 0 Å². The Labute approximate surface area is 149 Å². The molecule has 6 heteroatoms. The highest BCUT2D eigenvalue weighted by atomic mass is 16.4. The maximum Gasteiger partial charge on any atom is 0.339 e. The Kier molecular flexibility index (Phi) is 5.39. The molecule has 132 valence electrons. The first kappa shape index (κ1) is 18.7. The van der Waals surface area contributed by atoms with Gasteiger partial charge in [-0.3, -0.25) is 4.79 Å². The summed E-state index contributed by atoms with van der Waals surface area (Å²) in [5.41, 5.74) is 2.49. The zero-order chi connectivity index (χ0) is 18.0. The number of benzene rings is 2. The van der Waals surface area contributed by atoms with Crippen molar-refractivity contribution in [3.63, 3.8) is 0 Å². The molecule has 2 aromatic carbocycles. The molecule has 26 heavy (non-hydrogen) atoms. The largest absolute Gasteiger partial charge is 0.508 e. The number of aromatic hydroxyl groups is 2. The van der Waals surface area contributed by atoms with Crippen LogP contribution in [0.3, 0.4) is 0 Å². The molecule has 0 saturated carbocycles. The van der Waals surface area contributed by atoms with Crippen LogP contribution in [0, 0.1) is 0 Å². The molecule has 0 radical (unpaired) electrons. The topological polar surface area (TPSA) is 130 Å². The minimum Gasteiger partial charge on any atom is -0.508 e. The average molecular weight is 351 g/mol. The number of ketones is 1. The van der Waals surface area contributed by atoms with Gasteiger partial charge in [0.25, 0.3) is 0 Å². The van der Waals surface area contributed by atoms with Crippen LogP contribution in [0.4, 0.5) is 0 Å². The Morgan fingerprint density at radius 2 is 1.38 bits per heavy atom. The van der Waals surface area contributed by atoms with Crippen molar-refractivity contribution in [1.29, 1.82) is 0 Å². The quantitative estimate of drug-likeness (QED) is 0.670. The van der Waals surface area contributed by atoms with Crippen molar-refractivity contribution >= 4 is 17.3 Å². The van der Waals surface area contributed by atoms with E-state index in [0.717, 1.165) is 5.56 Å². The number of aromatic carboxylic acids is 1. The molecule has 0 saturated heterocycles. The van der Waals surface area contributed by atoms with Gasteiger partial charge < -0.3 is 21.5 Å². The van der Waals surface area contributed by atoms with Gasteiger partial charge in [0.2, 0.25) is 0 Å². The Bertz CT molecular complexity index is 935. The standard InChI is InChI=1S/C20H14O5.H3N/c21-15-6-1-12(2-7-15)19(13-3-8-16(22)9-4-13)14-5-10-18(23)17(11-14)20(24)25;/h1-11,21,23H,(H,24,25);1H3. The van der Waals surface area contributed by atoms with Crippen molar-refractivity contribution in [3.8, 4) is 11.5 Å². The van der Waals surface area contributed by atoms with Crippen LogP contribution in [-0.4, -0.2) is 27.1 Å². The van der Waals surface area contributed by atoms with Crippen molar-refractivity contribution in [3.05, 3.63) is 89.0 Å². The fourth-order valence-corrected chi connectivity index (χ4v) is 2.61. The van der Waals surface area contributed by atoms with Gasteiger partial charge in [0.15, 0.2) is 5.78 Å². The molecule has 1 aliphatic carbocycles. The second-order valence-electron chi connectivity index (χ2n) is 5.48. The second-order valence-corrected chi connectivity index (χ2v) is 5.48. The number of hydrogen-bond acceptors (Lipinski definition) is 5. The minimum atomic E-state index is -1.24. The number of rotatable bonds is 3. The van der Waals surface area contributed by atoms with Crippen LogP contribution in [0.2, 0.25) is 0 Å². The molecule has 0 aliphatic heterocycles. The zero-order valence-corrected chi connectivity index (χ0v) is 13.7. The Balaban J connectivity index is 0.00000243. The van der Waals surface area contributed by atoms with Gasteiger partial charge in [-0.25, -0.2) is 4.79 Å². The van der Waals surface area contributed by atoms with Gasteiger partial charge in [-0.05, 0) is 58.7 Å². The van der Waals surface area contributed by atoms with Crippen LogP contribution in [0.25, 0.3) is 5.57 Å². The summed E-state index contributed by atoms with van der Waals surface area (Å²) in [7, 11) is 0. The highest BCUT2D eigenvalue weighted by Gasteiger charge is 2.16. The summed E-state index contributed by atoms with van der Waals surface area (Å²) in [5, 5.41) is 28.5. The highest BCUT2D eigenvalue weighted by molar-refractivity contribution is 6.03. The number of carbonyl (C=O) groups is 2. The molecule has 0 amide bonds. The molecule has 0 aromatic heterocycles. The summed E-state index contributed by atoms with van der Waals surface area (Å²) in [6.45, 7) is 0. The Hall–Kier alpha value is -3.64. The molecule has 0 unspecified atom stereocenters. The molecule has 0 heterocycles. The van der Waals surface area contributed by atoms with Crippen LogP contribution < -0.4 is 6.15 Å². The molecule has 3 rings (SSSR count). The monoisotopic (exact) mass is 351 g/mol. The van der Waals surface area contributed by atoms with Gasteiger partial charge in [-0.15, -0.1) is 0 Å². The van der Waals surface area contributed by atoms with Gasteiger partial charge >= 0.3 is 5.97 Å². The number of carboxylic acids is 1. The lowest BCUT2D eigenvalue weighted by molar-refractivity contribution is -0.110. The molecular formula is C20H17NO5. The van der Waals surface area contributed by atoms with Crippen LogP contribution >= 0.6 is 0 Å². The minimum absolute atomic E-state index is 0. The first-order valence-electron chi connectivity index (χ1n) is 7.46. The van der Waals surface area contributed by atoms with Gasteiger partial charge in [-0.2, -0.15) is 0 Å². The van der Waals surface area contributed by atoms with Crippen molar-refractivity contribution in [2.75, 3.05) is 0 Å². The van der Waals surface area contributed by atoms with Gasteiger partial charge in [0.05, 0.1) is 0 Å². The van der Waals surface area contributed by atoms with E-state index in [1.165, 1.54) is 36.4 Å². The van der Waals surface area contributed by atoms with Crippen molar-refractivity contribution in [1.82, 2.24) is 6.15 Å². The predicted molar refractivity (Wildman–Crippen MR) is 97.5 cm³/mol. The van der Waals surface area contributed by atoms with E-state index < -0.39 is 5.97 Å². The third kappa shape index (κ3) is 3.71. The maximum atomic E-state index is 11.4. The fraction of sp³-hybridized carbons (Fsp3) is 0. The third-order valence-corrected chi connectivity index (χ3v) is 3.81. The van der Waals surface area contributed by atoms with E-state index in [1.54, 1.807) is 30.4 Å². The maximum absolute atomic E-state index is 11.4. The summed E-state index contributed by atoms with van der Waals surface area (Å²) >= 11 is 0. The molecular weight excluding hydrogens is 334 g/mol. The summed E-state index contributed by atoms with van der Waals surface area (Å²) in [4.78, 5) is 22.7. The third-order valence-electron chi connectivity index (χ3n) is 3.81. The highest BCUT2D eigenvalue weighted by Crippen LogP contribution is 2.32. The summed E-state index contributed by atoms with van der Waals surface area (Å²) in [6.07, 6.45) is 6.15.